The molecule has 1 heterocycles. The Balaban J connectivity index is 1.41. The van der Waals surface area contributed by atoms with Crippen LogP contribution in [0.4, 0.5) is 0 Å². The van der Waals surface area contributed by atoms with Gasteiger partial charge >= 0.3 is 0 Å². The Hall–Kier alpha value is -2.77. The number of rotatable bonds is 6. The average Bonchev–Trinajstić information content (AvgIpc) is 3.20. The van der Waals surface area contributed by atoms with Crippen molar-refractivity contribution < 1.29 is 8.42 Å². The number of fused-ring (bicyclic) bond motifs is 1. The zero-order valence-electron chi connectivity index (χ0n) is 14.7. The highest BCUT2D eigenvalue weighted by molar-refractivity contribution is 7.93. The van der Waals surface area contributed by atoms with Gasteiger partial charge in [0, 0.05) is 6.54 Å². The highest BCUT2D eigenvalue weighted by Gasteiger charge is 2.21. The molecule has 0 bridgehead atoms. The minimum Gasteiger partial charge on any atom is -0.249 e. The summed E-state index contributed by atoms with van der Waals surface area (Å²) in [6.07, 6.45) is 6.23. The molecular weight excluding hydrogens is 360 g/mol. The van der Waals surface area contributed by atoms with E-state index in [2.05, 4.69) is 14.8 Å². The highest BCUT2D eigenvalue weighted by atomic mass is 32.2. The zero-order chi connectivity index (χ0) is 18.7. The molecule has 27 heavy (non-hydrogen) atoms. The first-order valence-electron chi connectivity index (χ1n) is 8.78. The maximum absolute atomic E-state index is 12.6. The molecule has 0 radical (unpaired) electrons. The second kappa shape index (κ2) is 7.46. The van der Waals surface area contributed by atoms with Crippen molar-refractivity contribution in [3.8, 4) is 0 Å². The lowest BCUT2D eigenvalue weighted by Gasteiger charge is -2.17. The van der Waals surface area contributed by atoms with Crippen LogP contribution in [0.2, 0.25) is 0 Å². The number of sulfonamides is 1. The smallest absolute Gasteiger partial charge is 0.237 e. The van der Waals surface area contributed by atoms with Gasteiger partial charge in [-0.3, -0.25) is 0 Å². The van der Waals surface area contributed by atoms with Gasteiger partial charge in [-0.05, 0) is 41.2 Å². The van der Waals surface area contributed by atoms with Gasteiger partial charge in [0.2, 0.25) is 10.0 Å². The van der Waals surface area contributed by atoms with Crippen LogP contribution in [0.25, 0.3) is 6.08 Å². The molecule has 0 saturated heterocycles. The Kier molecular flexibility index (Phi) is 4.87. The zero-order valence-corrected chi connectivity index (χ0v) is 15.6. The summed E-state index contributed by atoms with van der Waals surface area (Å²) in [5.41, 5.74) is 4.18. The summed E-state index contributed by atoms with van der Waals surface area (Å²) in [6, 6.07) is 15.7. The highest BCUT2D eigenvalue weighted by Crippen LogP contribution is 2.26. The van der Waals surface area contributed by atoms with Crippen LogP contribution >= 0.6 is 0 Å². The quantitative estimate of drug-likeness (QED) is 0.713. The van der Waals surface area contributed by atoms with Gasteiger partial charge in [0.15, 0.2) is 0 Å². The molecule has 1 aromatic heterocycles. The molecule has 4 rings (SSSR count). The van der Waals surface area contributed by atoms with Crippen LogP contribution in [0.1, 0.15) is 28.7 Å². The number of hydrogen-bond donors (Lipinski definition) is 1. The Labute approximate surface area is 158 Å². The first-order chi connectivity index (χ1) is 13.1. The van der Waals surface area contributed by atoms with E-state index in [9.17, 15) is 8.42 Å². The van der Waals surface area contributed by atoms with Gasteiger partial charge in [0.1, 0.15) is 12.7 Å². The molecule has 0 fully saturated rings. The Morgan fingerprint density at radius 2 is 1.78 bits per heavy atom. The maximum atomic E-state index is 12.6. The third-order valence-electron chi connectivity index (χ3n) is 4.66. The van der Waals surface area contributed by atoms with E-state index in [1.54, 1.807) is 17.1 Å². The largest absolute Gasteiger partial charge is 0.249 e. The molecule has 2 aromatic carbocycles. The Morgan fingerprint density at radius 1 is 1.00 bits per heavy atom. The second-order valence-corrected chi connectivity index (χ2v) is 8.36. The topological polar surface area (TPSA) is 76.9 Å². The van der Waals surface area contributed by atoms with Crippen molar-refractivity contribution in [1.82, 2.24) is 19.5 Å². The van der Waals surface area contributed by atoms with Crippen molar-refractivity contribution in [2.24, 2.45) is 0 Å². The van der Waals surface area contributed by atoms with E-state index >= 15 is 0 Å². The lowest BCUT2D eigenvalue weighted by atomic mass is 9.98. The molecule has 0 amide bonds. The number of hydrogen-bond acceptors (Lipinski definition) is 4. The summed E-state index contributed by atoms with van der Waals surface area (Å²) >= 11 is 0. The van der Waals surface area contributed by atoms with Crippen molar-refractivity contribution in [1.29, 1.82) is 0 Å². The molecule has 7 heteroatoms. The SMILES string of the molecule is O=S(=O)(NCc1ccc(Cn2cncn2)cc1)C1=Cc2ccccc2CC1. The van der Waals surface area contributed by atoms with E-state index in [-0.39, 0.29) is 6.54 Å². The molecular formula is C20H20N4O2S. The van der Waals surface area contributed by atoms with Gasteiger partial charge in [-0.2, -0.15) is 5.10 Å². The lowest BCUT2D eigenvalue weighted by molar-refractivity contribution is 0.585. The molecule has 0 saturated carbocycles. The lowest BCUT2D eigenvalue weighted by Crippen LogP contribution is -2.25. The summed E-state index contributed by atoms with van der Waals surface area (Å²) in [4.78, 5) is 4.37. The fraction of sp³-hybridized carbons (Fsp3) is 0.200. The fourth-order valence-electron chi connectivity index (χ4n) is 3.15. The molecule has 1 aliphatic rings. The Bertz CT molecular complexity index is 1060. The van der Waals surface area contributed by atoms with E-state index in [0.717, 1.165) is 23.1 Å². The van der Waals surface area contributed by atoms with E-state index < -0.39 is 10.0 Å². The minimum atomic E-state index is -3.49. The van der Waals surface area contributed by atoms with E-state index in [0.29, 0.717) is 17.9 Å². The summed E-state index contributed by atoms with van der Waals surface area (Å²) in [6.45, 7) is 0.906. The van der Waals surface area contributed by atoms with Gasteiger partial charge in [-0.1, -0.05) is 48.5 Å². The summed E-state index contributed by atoms with van der Waals surface area (Å²) in [5, 5.41) is 4.08. The normalized spacial score (nSPS) is 13.9. The predicted molar refractivity (Wildman–Crippen MR) is 104 cm³/mol. The molecule has 0 aliphatic heterocycles. The van der Waals surface area contributed by atoms with Gasteiger partial charge < -0.3 is 0 Å². The second-order valence-electron chi connectivity index (χ2n) is 6.54. The van der Waals surface area contributed by atoms with Crippen LogP contribution in [-0.2, 0) is 29.5 Å². The minimum absolute atomic E-state index is 0.269. The molecule has 3 aromatic rings. The predicted octanol–water partition coefficient (Wildman–Crippen LogP) is 2.73. The van der Waals surface area contributed by atoms with E-state index in [1.807, 2.05) is 48.5 Å². The van der Waals surface area contributed by atoms with Crippen molar-refractivity contribution in [3.05, 3.63) is 88.3 Å². The first kappa shape index (κ1) is 17.6. The van der Waals surface area contributed by atoms with Crippen LogP contribution in [0.15, 0.2) is 66.1 Å². The van der Waals surface area contributed by atoms with Gasteiger partial charge in [0.05, 0.1) is 11.4 Å². The van der Waals surface area contributed by atoms with Crippen LogP contribution in [0.5, 0.6) is 0 Å². The van der Waals surface area contributed by atoms with Crippen molar-refractivity contribution in [2.75, 3.05) is 0 Å². The number of aromatic nitrogens is 3. The molecule has 6 nitrogen and oxygen atoms in total. The molecule has 0 spiro atoms. The van der Waals surface area contributed by atoms with Crippen LogP contribution < -0.4 is 4.72 Å². The average molecular weight is 380 g/mol. The number of nitrogens with zero attached hydrogens (tertiary/aromatic N) is 3. The molecule has 1 aliphatic carbocycles. The standard InChI is InChI=1S/C20H20N4O2S/c25-27(26,20-10-9-18-3-1-2-4-19(18)11-20)23-12-16-5-7-17(8-6-16)13-24-15-21-14-22-24/h1-8,11,14-15,23H,9-10,12-13H2. The number of nitrogens with one attached hydrogen (secondary N) is 1. The van der Waals surface area contributed by atoms with Crippen molar-refractivity contribution in [3.63, 3.8) is 0 Å². The van der Waals surface area contributed by atoms with Crippen molar-refractivity contribution >= 4 is 16.1 Å². The van der Waals surface area contributed by atoms with Crippen LogP contribution in [-0.4, -0.2) is 23.2 Å². The summed E-state index contributed by atoms with van der Waals surface area (Å²) in [5.74, 6) is 0. The van der Waals surface area contributed by atoms with Gasteiger partial charge in [-0.25, -0.2) is 22.8 Å². The first-order valence-corrected chi connectivity index (χ1v) is 10.3. The maximum Gasteiger partial charge on any atom is 0.237 e. The van der Waals surface area contributed by atoms with Crippen molar-refractivity contribution in [2.45, 2.75) is 25.9 Å². The number of allylic oxidation sites excluding steroid dienone is 1. The Morgan fingerprint density at radius 3 is 2.56 bits per heavy atom. The molecule has 0 unspecified atom stereocenters. The van der Waals surface area contributed by atoms with Crippen LogP contribution in [0, 0.1) is 0 Å². The number of benzene rings is 2. The van der Waals surface area contributed by atoms with E-state index in [1.165, 1.54) is 11.9 Å². The third kappa shape index (κ3) is 4.15. The summed E-state index contributed by atoms with van der Waals surface area (Å²) in [7, 11) is -3.49. The molecule has 1 N–H and O–H groups in total. The monoisotopic (exact) mass is 380 g/mol. The summed E-state index contributed by atoms with van der Waals surface area (Å²) < 4.78 is 29.8. The van der Waals surface area contributed by atoms with Gasteiger partial charge in [-0.15, -0.1) is 0 Å². The van der Waals surface area contributed by atoms with Crippen LogP contribution in [0.3, 0.4) is 0 Å². The fourth-order valence-corrected chi connectivity index (χ4v) is 4.35. The third-order valence-corrected chi connectivity index (χ3v) is 6.19. The molecule has 138 valence electrons. The van der Waals surface area contributed by atoms with Gasteiger partial charge in [0.25, 0.3) is 0 Å². The molecule has 0 atom stereocenters. The number of aryl methyl sites for hydroxylation is 1. The van der Waals surface area contributed by atoms with E-state index in [4.69, 9.17) is 0 Å².